The molecule has 0 aliphatic heterocycles. The van der Waals surface area contributed by atoms with E-state index in [0.29, 0.717) is 0 Å². The quantitative estimate of drug-likeness (QED) is 0.877. The molecule has 22 heavy (non-hydrogen) atoms. The Morgan fingerprint density at radius 1 is 1.50 bits per heavy atom. The van der Waals surface area contributed by atoms with E-state index in [4.69, 9.17) is 4.42 Å². The second-order valence-corrected chi connectivity index (χ2v) is 4.74. The van der Waals surface area contributed by atoms with Crippen molar-refractivity contribution in [2.75, 3.05) is 6.54 Å². The largest absolute Gasteiger partial charge is 0.472 e. The van der Waals surface area contributed by atoms with E-state index in [0.717, 1.165) is 10.8 Å². The van der Waals surface area contributed by atoms with Crippen LogP contribution in [-0.4, -0.2) is 33.3 Å². The number of hydrogen-bond donors (Lipinski definition) is 2. The number of nitrogens with one attached hydrogen (secondary N) is 1. The number of hydrogen-bond acceptors (Lipinski definition) is 4. The van der Waals surface area contributed by atoms with E-state index in [9.17, 15) is 23.1 Å². The molecule has 0 aliphatic rings. The van der Waals surface area contributed by atoms with Gasteiger partial charge in [-0.1, -0.05) is 0 Å². The maximum atomic E-state index is 13.2. The Bertz CT molecular complexity index is 636. The van der Waals surface area contributed by atoms with Gasteiger partial charge in [0.1, 0.15) is 12.1 Å². The van der Waals surface area contributed by atoms with Crippen molar-refractivity contribution < 1.29 is 27.5 Å². The third-order valence-corrected chi connectivity index (χ3v) is 3.22. The number of amides is 1. The van der Waals surface area contributed by atoms with Gasteiger partial charge in [0.2, 0.25) is 5.60 Å². The third kappa shape index (κ3) is 2.98. The van der Waals surface area contributed by atoms with Crippen LogP contribution >= 0.6 is 0 Å². The summed E-state index contributed by atoms with van der Waals surface area (Å²) in [6.45, 7) is -0.382. The number of aliphatic hydroxyl groups is 1. The number of rotatable bonds is 5. The molecule has 0 fully saturated rings. The van der Waals surface area contributed by atoms with E-state index in [-0.39, 0.29) is 12.1 Å². The summed E-state index contributed by atoms with van der Waals surface area (Å²) in [5.74, 6) is -1.12. The molecule has 0 aromatic carbocycles. The zero-order valence-electron chi connectivity index (χ0n) is 11.6. The molecule has 2 heterocycles. The Hall–Kier alpha value is -2.29. The van der Waals surface area contributed by atoms with Gasteiger partial charge >= 0.3 is 6.18 Å². The summed E-state index contributed by atoms with van der Waals surface area (Å²) in [4.78, 5) is 15.2. The van der Waals surface area contributed by atoms with Crippen LogP contribution < -0.4 is 5.32 Å². The topological polar surface area (TPSA) is 80.3 Å². The maximum Gasteiger partial charge on any atom is 0.424 e. The van der Waals surface area contributed by atoms with Crippen molar-refractivity contribution in [1.82, 2.24) is 14.9 Å². The van der Waals surface area contributed by atoms with Gasteiger partial charge in [-0.15, -0.1) is 0 Å². The predicted octanol–water partition coefficient (Wildman–Crippen LogP) is 1.58. The lowest BCUT2D eigenvalue weighted by Gasteiger charge is -2.29. The summed E-state index contributed by atoms with van der Waals surface area (Å²) < 4.78 is 45.4. The van der Waals surface area contributed by atoms with E-state index in [1.807, 2.05) is 0 Å². The van der Waals surface area contributed by atoms with Crippen LogP contribution in [0.25, 0.3) is 0 Å². The van der Waals surface area contributed by atoms with Crippen LogP contribution in [0.4, 0.5) is 13.2 Å². The fourth-order valence-electron chi connectivity index (χ4n) is 2.00. The molecule has 1 unspecified atom stereocenters. The average molecular weight is 317 g/mol. The van der Waals surface area contributed by atoms with Crippen LogP contribution in [0.3, 0.4) is 0 Å². The second-order valence-electron chi connectivity index (χ2n) is 4.74. The highest BCUT2D eigenvalue weighted by Crippen LogP contribution is 2.40. The van der Waals surface area contributed by atoms with Gasteiger partial charge in [-0.2, -0.15) is 13.2 Å². The lowest BCUT2D eigenvalue weighted by molar-refractivity contribution is -0.272. The van der Waals surface area contributed by atoms with Gasteiger partial charge < -0.3 is 19.4 Å². The van der Waals surface area contributed by atoms with E-state index in [1.165, 1.54) is 31.8 Å². The molecule has 0 spiro atoms. The highest BCUT2D eigenvalue weighted by molar-refractivity contribution is 5.93. The molecular formula is C13H14F3N3O3. The molecule has 0 radical (unpaired) electrons. The van der Waals surface area contributed by atoms with Crippen LogP contribution in [0.15, 0.2) is 35.4 Å². The number of halogens is 3. The van der Waals surface area contributed by atoms with Crippen molar-refractivity contribution in [3.63, 3.8) is 0 Å². The van der Waals surface area contributed by atoms with E-state index in [2.05, 4.69) is 10.3 Å². The second kappa shape index (κ2) is 5.84. The van der Waals surface area contributed by atoms with Crippen LogP contribution in [0.1, 0.15) is 22.6 Å². The highest BCUT2D eigenvalue weighted by atomic mass is 19.4. The van der Waals surface area contributed by atoms with Gasteiger partial charge in [0.25, 0.3) is 5.91 Å². The van der Waals surface area contributed by atoms with Gasteiger partial charge in [-0.25, -0.2) is 4.98 Å². The van der Waals surface area contributed by atoms with Crippen molar-refractivity contribution in [3.8, 4) is 0 Å². The standard InChI is InChI=1S/C13H14F3N3O3/c1-19-6-5-18-11(19)12(21,13(14,15)16)3-4-17-10(20)9-2-7-22-8-9/h2,5-8,21H,3-4H2,1H3,(H,17,20). The first kappa shape index (κ1) is 16.1. The number of alkyl halides is 3. The van der Waals surface area contributed by atoms with Crippen molar-refractivity contribution in [1.29, 1.82) is 0 Å². The fraction of sp³-hybridized carbons (Fsp3) is 0.385. The van der Waals surface area contributed by atoms with Gasteiger partial charge in [-0.05, 0) is 6.07 Å². The van der Waals surface area contributed by atoms with Crippen molar-refractivity contribution >= 4 is 5.91 Å². The van der Waals surface area contributed by atoms with Crippen molar-refractivity contribution in [2.45, 2.75) is 18.2 Å². The first-order valence-corrected chi connectivity index (χ1v) is 6.33. The number of furan rings is 1. The molecule has 1 atom stereocenters. The van der Waals surface area contributed by atoms with Crippen LogP contribution in [0.2, 0.25) is 0 Å². The summed E-state index contributed by atoms with van der Waals surface area (Å²) in [5, 5.41) is 12.4. The van der Waals surface area contributed by atoms with Crippen LogP contribution in [0.5, 0.6) is 0 Å². The van der Waals surface area contributed by atoms with E-state index < -0.39 is 29.9 Å². The number of imidazole rings is 1. The normalized spacial score (nSPS) is 14.6. The molecule has 0 saturated carbocycles. The summed E-state index contributed by atoms with van der Waals surface area (Å²) in [6, 6.07) is 1.38. The molecule has 2 aromatic rings. The fourth-order valence-corrected chi connectivity index (χ4v) is 2.00. The third-order valence-electron chi connectivity index (χ3n) is 3.22. The first-order chi connectivity index (χ1) is 10.3. The minimum Gasteiger partial charge on any atom is -0.472 e. The monoisotopic (exact) mass is 317 g/mol. The minimum absolute atomic E-state index is 0.188. The molecule has 120 valence electrons. The summed E-state index contributed by atoms with van der Waals surface area (Å²) >= 11 is 0. The molecule has 1 amide bonds. The predicted molar refractivity (Wildman–Crippen MR) is 68.8 cm³/mol. The number of aryl methyl sites for hydroxylation is 1. The minimum atomic E-state index is -4.92. The van der Waals surface area contributed by atoms with E-state index >= 15 is 0 Å². The SMILES string of the molecule is Cn1ccnc1C(O)(CCNC(=O)c1ccoc1)C(F)(F)F. The lowest BCUT2D eigenvalue weighted by Crippen LogP contribution is -2.46. The summed E-state index contributed by atoms with van der Waals surface area (Å²) in [5.41, 5.74) is -2.96. The Balaban J connectivity index is 2.09. The molecule has 0 aliphatic carbocycles. The number of carbonyl (C=O) groups is 1. The molecule has 2 aromatic heterocycles. The molecule has 0 saturated heterocycles. The van der Waals surface area contributed by atoms with E-state index in [1.54, 1.807) is 0 Å². The van der Waals surface area contributed by atoms with Crippen LogP contribution in [0, 0.1) is 0 Å². The Labute approximate surface area is 123 Å². The number of nitrogens with zero attached hydrogens (tertiary/aromatic N) is 2. The smallest absolute Gasteiger partial charge is 0.424 e. The highest BCUT2D eigenvalue weighted by Gasteiger charge is 2.57. The Morgan fingerprint density at radius 3 is 2.73 bits per heavy atom. The number of aromatic nitrogens is 2. The molecule has 9 heteroatoms. The molecule has 2 rings (SSSR count). The Morgan fingerprint density at radius 2 is 2.23 bits per heavy atom. The Kier molecular flexibility index (Phi) is 4.27. The van der Waals surface area contributed by atoms with Gasteiger partial charge in [0, 0.05) is 32.4 Å². The number of carbonyl (C=O) groups excluding carboxylic acids is 1. The van der Waals surface area contributed by atoms with Crippen molar-refractivity contribution in [2.24, 2.45) is 7.05 Å². The van der Waals surface area contributed by atoms with Crippen LogP contribution in [-0.2, 0) is 12.6 Å². The summed E-state index contributed by atoms with van der Waals surface area (Å²) in [6.07, 6.45) is -0.775. The van der Waals surface area contributed by atoms with Crippen molar-refractivity contribution in [3.05, 3.63) is 42.4 Å². The van der Waals surface area contributed by atoms with Gasteiger partial charge in [0.05, 0.1) is 11.8 Å². The molecule has 2 N–H and O–H groups in total. The maximum absolute atomic E-state index is 13.2. The first-order valence-electron chi connectivity index (χ1n) is 6.33. The average Bonchev–Trinajstić information content (AvgIpc) is 3.07. The summed E-state index contributed by atoms with van der Waals surface area (Å²) in [7, 11) is 1.35. The molecule has 6 nitrogen and oxygen atoms in total. The lowest BCUT2D eigenvalue weighted by atomic mass is 9.97. The molecule has 0 bridgehead atoms. The zero-order valence-corrected chi connectivity index (χ0v) is 11.6. The zero-order chi connectivity index (χ0) is 16.4. The van der Waals surface area contributed by atoms with Gasteiger partial charge in [-0.3, -0.25) is 4.79 Å². The molecular weight excluding hydrogens is 303 g/mol. The van der Waals surface area contributed by atoms with Gasteiger partial charge in [0.15, 0.2) is 0 Å².